The zero-order chi connectivity index (χ0) is 16.3. The smallest absolute Gasteiger partial charge is 0.254 e. The minimum absolute atomic E-state index is 0.178. The third-order valence-corrected chi connectivity index (χ3v) is 4.24. The fourth-order valence-corrected chi connectivity index (χ4v) is 2.71. The fourth-order valence-electron chi connectivity index (χ4n) is 2.55. The lowest BCUT2D eigenvalue weighted by Gasteiger charge is -2.22. The molecule has 1 aliphatic rings. The monoisotopic (exact) mass is 338 g/mol. The Kier molecular flexibility index (Phi) is 4.84. The SMILES string of the molecule is CCOC1(c2nnc(COc3cccc(Cl)c3C)o2)CCOC1. The quantitative estimate of drug-likeness (QED) is 0.805. The minimum Gasteiger partial charge on any atom is -0.483 e. The lowest BCUT2D eigenvalue weighted by atomic mass is 10.0. The van der Waals surface area contributed by atoms with E-state index in [0.29, 0.717) is 48.8 Å². The highest BCUT2D eigenvalue weighted by Gasteiger charge is 2.42. The fraction of sp³-hybridized carbons (Fsp3) is 0.500. The molecule has 3 rings (SSSR count). The van der Waals surface area contributed by atoms with Crippen LogP contribution in [0, 0.1) is 6.92 Å². The Hall–Kier alpha value is -1.63. The molecule has 1 fully saturated rings. The maximum absolute atomic E-state index is 6.08. The van der Waals surface area contributed by atoms with Crippen molar-refractivity contribution in [3.05, 3.63) is 40.6 Å². The van der Waals surface area contributed by atoms with E-state index >= 15 is 0 Å². The normalized spacial score (nSPS) is 20.8. The molecule has 0 spiro atoms. The van der Waals surface area contributed by atoms with Crippen LogP contribution in [0.15, 0.2) is 22.6 Å². The van der Waals surface area contributed by atoms with E-state index in [-0.39, 0.29) is 6.61 Å². The molecule has 0 aliphatic carbocycles. The van der Waals surface area contributed by atoms with Gasteiger partial charge in [-0.2, -0.15) is 0 Å². The molecule has 1 aromatic heterocycles. The molecule has 0 N–H and O–H groups in total. The molecule has 1 unspecified atom stereocenters. The van der Waals surface area contributed by atoms with Gasteiger partial charge in [0.15, 0.2) is 12.2 Å². The van der Waals surface area contributed by atoms with Gasteiger partial charge in [0.2, 0.25) is 0 Å². The molecule has 2 aromatic rings. The van der Waals surface area contributed by atoms with Gasteiger partial charge in [-0.05, 0) is 26.0 Å². The van der Waals surface area contributed by atoms with Gasteiger partial charge in [0, 0.05) is 23.6 Å². The second-order valence-corrected chi connectivity index (χ2v) is 5.79. The van der Waals surface area contributed by atoms with Crippen molar-refractivity contribution in [3.8, 4) is 5.75 Å². The van der Waals surface area contributed by atoms with E-state index in [1.54, 1.807) is 0 Å². The Morgan fingerprint density at radius 1 is 1.35 bits per heavy atom. The molecule has 124 valence electrons. The molecule has 0 amide bonds. The molecule has 2 heterocycles. The van der Waals surface area contributed by atoms with Crippen LogP contribution in [-0.2, 0) is 21.7 Å². The summed E-state index contributed by atoms with van der Waals surface area (Å²) in [6, 6.07) is 5.51. The lowest BCUT2D eigenvalue weighted by molar-refractivity contribution is -0.0668. The minimum atomic E-state index is -0.633. The van der Waals surface area contributed by atoms with Crippen molar-refractivity contribution >= 4 is 11.6 Å². The van der Waals surface area contributed by atoms with Crippen LogP contribution in [0.3, 0.4) is 0 Å². The molecule has 7 heteroatoms. The maximum atomic E-state index is 6.08. The summed E-state index contributed by atoms with van der Waals surface area (Å²) in [5.41, 5.74) is 0.246. The summed E-state index contributed by atoms with van der Waals surface area (Å²) in [6.45, 7) is 5.61. The number of ether oxygens (including phenoxy) is 3. The van der Waals surface area contributed by atoms with Crippen LogP contribution in [0.1, 0.15) is 30.7 Å². The Morgan fingerprint density at radius 2 is 2.22 bits per heavy atom. The van der Waals surface area contributed by atoms with Crippen molar-refractivity contribution in [2.45, 2.75) is 32.5 Å². The molecule has 1 atom stereocenters. The van der Waals surface area contributed by atoms with E-state index in [1.807, 2.05) is 32.0 Å². The summed E-state index contributed by atoms with van der Waals surface area (Å²) in [4.78, 5) is 0. The molecule has 0 saturated carbocycles. The molecule has 0 bridgehead atoms. The maximum Gasteiger partial charge on any atom is 0.254 e. The number of aromatic nitrogens is 2. The second kappa shape index (κ2) is 6.86. The predicted molar refractivity (Wildman–Crippen MR) is 83.6 cm³/mol. The van der Waals surface area contributed by atoms with Gasteiger partial charge in [-0.15, -0.1) is 10.2 Å². The Balaban J connectivity index is 1.71. The van der Waals surface area contributed by atoms with Crippen LogP contribution in [0.4, 0.5) is 0 Å². The Labute approximate surface area is 139 Å². The van der Waals surface area contributed by atoms with Crippen LogP contribution < -0.4 is 4.74 Å². The van der Waals surface area contributed by atoms with Gasteiger partial charge in [0.1, 0.15) is 5.75 Å². The van der Waals surface area contributed by atoms with Crippen molar-refractivity contribution in [3.63, 3.8) is 0 Å². The molecule has 1 saturated heterocycles. The first-order chi connectivity index (χ1) is 11.1. The third-order valence-electron chi connectivity index (χ3n) is 3.83. The van der Waals surface area contributed by atoms with E-state index in [1.165, 1.54) is 0 Å². The summed E-state index contributed by atoms with van der Waals surface area (Å²) in [5, 5.41) is 8.82. The largest absolute Gasteiger partial charge is 0.483 e. The van der Waals surface area contributed by atoms with E-state index in [0.717, 1.165) is 5.56 Å². The van der Waals surface area contributed by atoms with Gasteiger partial charge in [-0.1, -0.05) is 17.7 Å². The zero-order valence-corrected chi connectivity index (χ0v) is 13.9. The molecule has 0 radical (unpaired) electrons. The third kappa shape index (κ3) is 3.34. The van der Waals surface area contributed by atoms with Gasteiger partial charge in [0.05, 0.1) is 13.2 Å². The first-order valence-electron chi connectivity index (χ1n) is 7.57. The number of nitrogens with zero attached hydrogens (tertiary/aromatic N) is 2. The van der Waals surface area contributed by atoms with Gasteiger partial charge in [-0.25, -0.2) is 0 Å². The average molecular weight is 339 g/mol. The Morgan fingerprint density at radius 3 is 2.96 bits per heavy atom. The van der Waals surface area contributed by atoms with Crippen molar-refractivity contribution in [2.24, 2.45) is 0 Å². The van der Waals surface area contributed by atoms with Crippen LogP contribution in [0.25, 0.3) is 0 Å². The first kappa shape index (κ1) is 16.2. The number of hydrogen-bond acceptors (Lipinski definition) is 6. The van der Waals surface area contributed by atoms with Crippen LogP contribution >= 0.6 is 11.6 Å². The van der Waals surface area contributed by atoms with Gasteiger partial charge in [0.25, 0.3) is 11.8 Å². The highest BCUT2D eigenvalue weighted by atomic mass is 35.5. The lowest BCUT2D eigenvalue weighted by Crippen LogP contribution is -2.30. The number of rotatable bonds is 6. The summed E-state index contributed by atoms with van der Waals surface area (Å²) < 4.78 is 22.7. The Bertz CT molecular complexity index is 668. The van der Waals surface area contributed by atoms with E-state index in [9.17, 15) is 0 Å². The first-order valence-corrected chi connectivity index (χ1v) is 7.95. The van der Waals surface area contributed by atoms with Gasteiger partial charge in [-0.3, -0.25) is 0 Å². The second-order valence-electron chi connectivity index (χ2n) is 5.38. The number of hydrogen-bond donors (Lipinski definition) is 0. The van der Waals surface area contributed by atoms with Crippen molar-refractivity contribution in [2.75, 3.05) is 19.8 Å². The van der Waals surface area contributed by atoms with Crippen molar-refractivity contribution in [1.82, 2.24) is 10.2 Å². The summed E-state index contributed by atoms with van der Waals surface area (Å²) in [7, 11) is 0. The number of benzene rings is 1. The summed E-state index contributed by atoms with van der Waals surface area (Å²) in [6.07, 6.45) is 0.705. The van der Waals surface area contributed by atoms with Gasteiger partial charge < -0.3 is 18.6 Å². The highest BCUT2D eigenvalue weighted by molar-refractivity contribution is 6.31. The highest BCUT2D eigenvalue weighted by Crippen LogP contribution is 2.34. The van der Waals surface area contributed by atoms with E-state index in [4.69, 9.17) is 30.2 Å². The molecule has 6 nitrogen and oxygen atoms in total. The summed E-state index contributed by atoms with van der Waals surface area (Å²) >= 11 is 6.08. The van der Waals surface area contributed by atoms with Gasteiger partial charge >= 0.3 is 0 Å². The molecule has 23 heavy (non-hydrogen) atoms. The molecule has 1 aromatic carbocycles. The average Bonchev–Trinajstić information content (AvgIpc) is 3.19. The van der Waals surface area contributed by atoms with Crippen LogP contribution in [0.5, 0.6) is 5.75 Å². The van der Waals surface area contributed by atoms with E-state index < -0.39 is 5.60 Å². The zero-order valence-electron chi connectivity index (χ0n) is 13.2. The van der Waals surface area contributed by atoms with E-state index in [2.05, 4.69) is 10.2 Å². The predicted octanol–water partition coefficient (Wildman–Crippen LogP) is 3.26. The van der Waals surface area contributed by atoms with Crippen molar-refractivity contribution < 1.29 is 18.6 Å². The van der Waals surface area contributed by atoms with Crippen molar-refractivity contribution in [1.29, 1.82) is 0 Å². The topological polar surface area (TPSA) is 66.6 Å². The molecular weight excluding hydrogens is 320 g/mol. The molecule has 1 aliphatic heterocycles. The van der Waals surface area contributed by atoms with Crippen LogP contribution in [-0.4, -0.2) is 30.0 Å². The standard InChI is InChI=1S/C16H19ClN2O4/c1-3-22-16(7-8-20-10-16)15-19-18-14(23-15)9-21-13-6-4-5-12(17)11(13)2/h4-6H,3,7-10H2,1-2H3. The number of halogens is 1. The molecular formula is C16H19ClN2O4. The van der Waals surface area contributed by atoms with Crippen LogP contribution in [0.2, 0.25) is 5.02 Å². The summed E-state index contributed by atoms with van der Waals surface area (Å²) in [5.74, 6) is 1.53.